The van der Waals surface area contributed by atoms with Crippen LogP contribution in [0.15, 0.2) is 36.0 Å². The van der Waals surface area contributed by atoms with Gasteiger partial charge in [0.05, 0.1) is 19.1 Å². The second-order valence-electron chi connectivity index (χ2n) is 5.74. The van der Waals surface area contributed by atoms with E-state index in [0.29, 0.717) is 12.6 Å². The Morgan fingerprint density at radius 1 is 1.55 bits per heavy atom. The fourth-order valence-corrected chi connectivity index (χ4v) is 3.72. The third kappa shape index (κ3) is 3.56. The van der Waals surface area contributed by atoms with Crippen molar-refractivity contribution in [3.8, 4) is 0 Å². The predicted octanol–water partition coefficient (Wildman–Crippen LogP) is 2.11. The van der Waals surface area contributed by atoms with Crippen LogP contribution in [-0.4, -0.2) is 39.2 Å². The summed E-state index contributed by atoms with van der Waals surface area (Å²) in [6.07, 6.45) is 6.06. The number of likely N-dealkylation sites (tertiary alicyclic amines) is 1. The molecule has 2 aromatic rings. The van der Waals surface area contributed by atoms with Crippen molar-refractivity contribution in [1.29, 1.82) is 0 Å². The Balaban J connectivity index is 1.55. The van der Waals surface area contributed by atoms with Gasteiger partial charge in [-0.2, -0.15) is 5.10 Å². The van der Waals surface area contributed by atoms with Crippen molar-refractivity contribution in [2.75, 3.05) is 6.54 Å². The highest BCUT2D eigenvalue weighted by molar-refractivity contribution is 7.09. The minimum Gasteiger partial charge on any atom is -0.350 e. The lowest BCUT2D eigenvalue weighted by Gasteiger charge is -2.29. The zero-order valence-corrected chi connectivity index (χ0v) is 13.6. The van der Waals surface area contributed by atoms with Gasteiger partial charge in [-0.15, -0.1) is 11.3 Å². The molecule has 3 rings (SSSR count). The van der Waals surface area contributed by atoms with Crippen LogP contribution in [0, 0.1) is 0 Å². The summed E-state index contributed by atoms with van der Waals surface area (Å²) in [5, 5.41) is 9.36. The summed E-state index contributed by atoms with van der Waals surface area (Å²) in [4.78, 5) is 15.9. The molecule has 5 nitrogen and oxygen atoms in total. The van der Waals surface area contributed by atoms with E-state index in [1.54, 1.807) is 17.5 Å². The summed E-state index contributed by atoms with van der Waals surface area (Å²) in [6, 6.07) is 6.30. The second kappa shape index (κ2) is 7.07. The molecule has 2 aromatic heterocycles. The molecule has 118 valence electrons. The first kappa shape index (κ1) is 15.2. The van der Waals surface area contributed by atoms with Crippen molar-refractivity contribution in [3.63, 3.8) is 0 Å². The number of aromatic nitrogens is 2. The molecule has 0 aliphatic carbocycles. The van der Waals surface area contributed by atoms with Crippen LogP contribution in [0.25, 0.3) is 0 Å². The summed E-state index contributed by atoms with van der Waals surface area (Å²) in [7, 11) is 0. The first-order valence-electron chi connectivity index (χ1n) is 7.77. The molecular formula is C16H22N4OS. The zero-order valence-electron chi connectivity index (χ0n) is 12.8. The van der Waals surface area contributed by atoms with E-state index < -0.39 is 0 Å². The number of rotatable bonds is 6. The Hall–Kier alpha value is -1.66. The van der Waals surface area contributed by atoms with Gasteiger partial charge >= 0.3 is 0 Å². The zero-order chi connectivity index (χ0) is 15.4. The average Bonchev–Trinajstić information content (AvgIpc) is 3.27. The molecular weight excluding hydrogens is 296 g/mol. The van der Waals surface area contributed by atoms with Gasteiger partial charge < -0.3 is 5.32 Å². The average molecular weight is 318 g/mol. The number of amides is 1. The van der Waals surface area contributed by atoms with E-state index in [1.165, 1.54) is 4.88 Å². The van der Waals surface area contributed by atoms with Crippen molar-refractivity contribution >= 4 is 17.2 Å². The highest BCUT2D eigenvalue weighted by Crippen LogP contribution is 2.21. The molecule has 3 heterocycles. The monoisotopic (exact) mass is 318 g/mol. The second-order valence-corrected chi connectivity index (χ2v) is 6.77. The van der Waals surface area contributed by atoms with E-state index in [2.05, 4.69) is 15.3 Å². The topological polar surface area (TPSA) is 50.2 Å². The molecule has 1 N–H and O–H groups in total. The summed E-state index contributed by atoms with van der Waals surface area (Å²) in [6.45, 7) is 4.47. The molecule has 1 amide bonds. The number of nitrogens with one attached hydrogen (secondary N) is 1. The lowest BCUT2D eigenvalue weighted by Crippen LogP contribution is -2.48. The fraction of sp³-hybridized carbons (Fsp3) is 0.500. The quantitative estimate of drug-likeness (QED) is 0.887. The van der Waals surface area contributed by atoms with Crippen molar-refractivity contribution in [3.05, 3.63) is 40.8 Å². The third-order valence-electron chi connectivity index (χ3n) is 4.27. The van der Waals surface area contributed by atoms with E-state index in [9.17, 15) is 4.79 Å². The van der Waals surface area contributed by atoms with E-state index in [1.807, 2.05) is 41.4 Å². The van der Waals surface area contributed by atoms with E-state index >= 15 is 0 Å². The molecule has 1 aliphatic rings. The van der Waals surface area contributed by atoms with Crippen LogP contribution < -0.4 is 5.32 Å². The summed E-state index contributed by atoms with van der Waals surface area (Å²) in [5.74, 6) is 0.112. The smallest absolute Gasteiger partial charge is 0.237 e. The predicted molar refractivity (Wildman–Crippen MR) is 87.6 cm³/mol. The molecule has 0 bridgehead atoms. The van der Waals surface area contributed by atoms with Gasteiger partial charge in [-0.25, -0.2) is 0 Å². The maximum absolute atomic E-state index is 12.4. The number of carbonyl (C=O) groups is 1. The fourth-order valence-electron chi connectivity index (χ4n) is 3.07. The Kier molecular flexibility index (Phi) is 4.90. The Morgan fingerprint density at radius 2 is 2.45 bits per heavy atom. The van der Waals surface area contributed by atoms with Crippen LogP contribution in [0.1, 0.15) is 24.6 Å². The number of nitrogens with zero attached hydrogens (tertiary/aromatic N) is 3. The molecule has 22 heavy (non-hydrogen) atoms. The van der Waals surface area contributed by atoms with E-state index in [-0.39, 0.29) is 11.9 Å². The van der Waals surface area contributed by atoms with Gasteiger partial charge in [-0.05, 0) is 43.8 Å². The van der Waals surface area contributed by atoms with Gasteiger partial charge in [0, 0.05) is 23.3 Å². The van der Waals surface area contributed by atoms with Crippen LogP contribution >= 0.6 is 11.3 Å². The van der Waals surface area contributed by atoms with Crippen LogP contribution in [0.3, 0.4) is 0 Å². The lowest BCUT2D eigenvalue weighted by molar-refractivity contribution is -0.126. The number of thiophene rings is 1. The Bertz CT molecular complexity index is 581. The first-order chi connectivity index (χ1) is 10.7. The van der Waals surface area contributed by atoms with Gasteiger partial charge in [-0.3, -0.25) is 14.4 Å². The highest BCUT2D eigenvalue weighted by atomic mass is 32.1. The minimum atomic E-state index is -0.0944. The van der Waals surface area contributed by atoms with Gasteiger partial charge in [0.2, 0.25) is 5.91 Å². The standard InChI is InChI=1S/C16H22N4OS/c1-13(16(21)17-11-15-6-3-10-22-15)20-9-2-5-14(20)12-19-8-4-7-18-19/h3-4,6-8,10,13-14H,2,5,9,11-12H2,1H3,(H,17,21)/t13-,14+/m0/s1. The van der Waals surface area contributed by atoms with Gasteiger partial charge in [0.15, 0.2) is 0 Å². The van der Waals surface area contributed by atoms with Crippen molar-refractivity contribution < 1.29 is 4.79 Å². The lowest BCUT2D eigenvalue weighted by atomic mass is 10.2. The Labute approximate surface area is 134 Å². The SMILES string of the molecule is C[C@@H](C(=O)NCc1cccs1)N1CCC[C@@H]1Cn1cccn1. The maximum atomic E-state index is 12.4. The van der Waals surface area contributed by atoms with E-state index in [0.717, 1.165) is 25.9 Å². The summed E-state index contributed by atoms with van der Waals surface area (Å²) >= 11 is 1.67. The molecule has 1 fully saturated rings. The van der Waals surface area contributed by atoms with Crippen LogP contribution in [-0.2, 0) is 17.9 Å². The molecule has 1 saturated heterocycles. The Morgan fingerprint density at radius 3 is 3.18 bits per heavy atom. The molecule has 6 heteroatoms. The number of hydrogen-bond donors (Lipinski definition) is 1. The van der Waals surface area contributed by atoms with Crippen LogP contribution in [0.4, 0.5) is 0 Å². The molecule has 0 radical (unpaired) electrons. The highest BCUT2D eigenvalue weighted by Gasteiger charge is 2.32. The molecule has 0 saturated carbocycles. The number of hydrogen-bond acceptors (Lipinski definition) is 4. The largest absolute Gasteiger partial charge is 0.350 e. The van der Waals surface area contributed by atoms with Crippen LogP contribution in [0.5, 0.6) is 0 Å². The normalized spacial score (nSPS) is 20.1. The molecule has 0 unspecified atom stereocenters. The van der Waals surface area contributed by atoms with Crippen LogP contribution in [0.2, 0.25) is 0 Å². The van der Waals surface area contributed by atoms with Crippen molar-refractivity contribution in [2.24, 2.45) is 0 Å². The summed E-state index contributed by atoms with van der Waals surface area (Å²) < 4.78 is 1.96. The van der Waals surface area contributed by atoms with E-state index in [4.69, 9.17) is 0 Å². The van der Waals surface area contributed by atoms with Gasteiger partial charge in [-0.1, -0.05) is 6.07 Å². The molecule has 0 spiro atoms. The first-order valence-corrected chi connectivity index (χ1v) is 8.65. The van der Waals surface area contributed by atoms with Gasteiger partial charge in [0.1, 0.15) is 0 Å². The molecule has 0 aromatic carbocycles. The van der Waals surface area contributed by atoms with Crippen molar-refractivity contribution in [1.82, 2.24) is 20.0 Å². The maximum Gasteiger partial charge on any atom is 0.237 e. The summed E-state index contributed by atoms with van der Waals surface area (Å²) in [5.41, 5.74) is 0. The number of carbonyl (C=O) groups excluding carboxylic acids is 1. The van der Waals surface area contributed by atoms with Gasteiger partial charge in [0.25, 0.3) is 0 Å². The minimum absolute atomic E-state index is 0.0944. The third-order valence-corrected chi connectivity index (χ3v) is 5.15. The van der Waals surface area contributed by atoms with Crippen molar-refractivity contribution in [2.45, 2.75) is 44.9 Å². The molecule has 2 atom stereocenters. The molecule has 1 aliphatic heterocycles.